The summed E-state index contributed by atoms with van der Waals surface area (Å²) in [6.07, 6.45) is 5.08. The Morgan fingerprint density at radius 2 is 2.16 bits per heavy atom. The first-order chi connectivity index (χ1) is 9.19. The first kappa shape index (κ1) is 13.5. The van der Waals surface area contributed by atoms with Gasteiger partial charge in [0.25, 0.3) is 0 Å². The SMILES string of the molecule is Cn1cc(CCOc2ccc(CCN)cc2F)cn1. The molecular weight excluding hydrogens is 245 g/mol. The second kappa shape index (κ2) is 6.33. The van der Waals surface area contributed by atoms with Crippen LogP contribution in [0.15, 0.2) is 30.6 Å². The Kier molecular flexibility index (Phi) is 4.52. The van der Waals surface area contributed by atoms with Gasteiger partial charge >= 0.3 is 0 Å². The van der Waals surface area contributed by atoms with Crippen molar-refractivity contribution < 1.29 is 9.13 Å². The van der Waals surface area contributed by atoms with Gasteiger partial charge in [0.15, 0.2) is 11.6 Å². The van der Waals surface area contributed by atoms with Crippen molar-refractivity contribution >= 4 is 0 Å². The summed E-state index contributed by atoms with van der Waals surface area (Å²) in [5, 5.41) is 4.07. The van der Waals surface area contributed by atoms with Gasteiger partial charge < -0.3 is 10.5 Å². The average molecular weight is 263 g/mol. The number of aryl methyl sites for hydroxylation is 1. The predicted molar refractivity (Wildman–Crippen MR) is 71.6 cm³/mol. The van der Waals surface area contributed by atoms with Gasteiger partial charge in [0, 0.05) is 19.7 Å². The van der Waals surface area contributed by atoms with Crippen molar-refractivity contribution in [3.05, 3.63) is 47.5 Å². The first-order valence-electron chi connectivity index (χ1n) is 6.28. The van der Waals surface area contributed by atoms with Gasteiger partial charge in [-0.1, -0.05) is 6.07 Å². The third-order valence-electron chi connectivity index (χ3n) is 2.84. The first-order valence-corrected chi connectivity index (χ1v) is 6.28. The van der Waals surface area contributed by atoms with E-state index in [0.29, 0.717) is 26.0 Å². The van der Waals surface area contributed by atoms with E-state index in [0.717, 1.165) is 11.1 Å². The summed E-state index contributed by atoms with van der Waals surface area (Å²) in [6, 6.07) is 4.98. The van der Waals surface area contributed by atoms with Gasteiger partial charge in [0.2, 0.25) is 0 Å². The monoisotopic (exact) mass is 263 g/mol. The summed E-state index contributed by atoms with van der Waals surface area (Å²) < 4.78 is 20.9. The maximum atomic E-state index is 13.7. The number of rotatable bonds is 6. The summed E-state index contributed by atoms with van der Waals surface area (Å²) in [5.41, 5.74) is 7.39. The molecule has 2 aromatic rings. The lowest BCUT2D eigenvalue weighted by atomic mass is 10.1. The van der Waals surface area contributed by atoms with Crippen LogP contribution in [-0.2, 0) is 19.9 Å². The maximum absolute atomic E-state index is 13.7. The zero-order chi connectivity index (χ0) is 13.7. The maximum Gasteiger partial charge on any atom is 0.165 e. The molecule has 0 saturated heterocycles. The second-order valence-corrected chi connectivity index (χ2v) is 4.42. The summed E-state index contributed by atoms with van der Waals surface area (Å²) in [6.45, 7) is 0.944. The van der Waals surface area contributed by atoms with Crippen LogP contribution in [-0.4, -0.2) is 22.9 Å². The van der Waals surface area contributed by atoms with E-state index in [4.69, 9.17) is 10.5 Å². The Hall–Kier alpha value is -1.88. The molecule has 19 heavy (non-hydrogen) atoms. The van der Waals surface area contributed by atoms with E-state index in [1.54, 1.807) is 16.9 Å². The molecule has 0 radical (unpaired) electrons. The smallest absolute Gasteiger partial charge is 0.165 e. The lowest BCUT2D eigenvalue weighted by Crippen LogP contribution is -2.05. The van der Waals surface area contributed by atoms with Crippen molar-refractivity contribution in [2.45, 2.75) is 12.8 Å². The fraction of sp³-hybridized carbons (Fsp3) is 0.357. The van der Waals surface area contributed by atoms with Crippen LogP contribution in [0.2, 0.25) is 0 Å². The van der Waals surface area contributed by atoms with E-state index in [1.165, 1.54) is 6.07 Å². The molecule has 0 amide bonds. The van der Waals surface area contributed by atoms with Crippen molar-refractivity contribution in [2.24, 2.45) is 12.8 Å². The number of nitrogens with zero attached hydrogens (tertiary/aromatic N) is 2. The van der Waals surface area contributed by atoms with Gasteiger partial charge in [0.1, 0.15) is 0 Å². The van der Waals surface area contributed by atoms with Crippen LogP contribution < -0.4 is 10.5 Å². The molecule has 102 valence electrons. The lowest BCUT2D eigenvalue weighted by Gasteiger charge is -2.08. The Bertz CT molecular complexity index is 539. The number of nitrogens with two attached hydrogens (primary N) is 1. The molecule has 1 heterocycles. The molecule has 1 aromatic heterocycles. The Balaban J connectivity index is 1.89. The van der Waals surface area contributed by atoms with Gasteiger partial charge in [-0.2, -0.15) is 5.10 Å². The molecular formula is C14H18FN3O. The summed E-state index contributed by atoms with van der Waals surface area (Å²) in [7, 11) is 1.86. The zero-order valence-corrected chi connectivity index (χ0v) is 11.0. The van der Waals surface area contributed by atoms with Gasteiger partial charge in [-0.25, -0.2) is 4.39 Å². The van der Waals surface area contributed by atoms with Crippen molar-refractivity contribution in [3.8, 4) is 5.75 Å². The number of halogens is 1. The van der Waals surface area contributed by atoms with Crippen LogP contribution >= 0.6 is 0 Å². The summed E-state index contributed by atoms with van der Waals surface area (Å²) >= 11 is 0. The molecule has 2 rings (SSSR count). The van der Waals surface area contributed by atoms with E-state index in [2.05, 4.69) is 5.10 Å². The van der Waals surface area contributed by atoms with Gasteiger partial charge in [-0.15, -0.1) is 0 Å². The van der Waals surface area contributed by atoms with Crippen LogP contribution in [0.3, 0.4) is 0 Å². The fourth-order valence-electron chi connectivity index (χ4n) is 1.86. The molecule has 0 spiro atoms. The van der Waals surface area contributed by atoms with Gasteiger partial charge in [-0.3, -0.25) is 4.68 Å². The molecule has 0 fully saturated rings. The van der Waals surface area contributed by atoms with E-state index >= 15 is 0 Å². The number of aromatic nitrogens is 2. The second-order valence-electron chi connectivity index (χ2n) is 4.42. The molecule has 0 unspecified atom stereocenters. The van der Waals surface area contributed by atoms with Gasteiger partial charge in [-0.05, 0) is 36.2 Å². The highest BCUT2D eigenvalue weighted by Gasteiger charge is 2.05. The largest absolute Gasteiger partial charge is 0.490 e. The molecule has 0 aliphatic carbocycles. The minimum atomic E-state index is -0.336. The molecule has 5 heteroatoms. The molecule has 2 N–H and O–H groups in total. The van der Waals surface area contributed by atoms with Crippen molar-refractivity contribution in [1.82, 2.24) is 9.78 Å². The van der Waals surface area contributed by atoms with E-state index < -0.39 is 0 Å². The van der Waals surface area contributed by atoms with Gasteiger partial charge in [0.05, 0.1) is 12.8 Å². The molecule has 1 aromatic carbocycles. The molecule has 0 atom stereocenters. The highest BCUT2D eigenvalue weighted by atomic mass is 19.1. The molecule has 0 bridgehead atoms. The minimum Gasteiger partial charge on any atom is -0.490 e. The molecule has 0 saturated carbocycles. The van der Waals surface area contributed by atoms with Crippen LogP contribution in [0.4, 0.5) is 4.39 Å². The third-order valence-corrected chi connectivity index (χ3v) is 2.84. The topological polar surface area (TPSA) is 53.1 Å². The Morgan fingerprint density at radius 1 is 1.32 bits per heavy atom. The van der Waals surface area contributed by atoms with Crippen molar-refractivity contribution in [2.75, 3.05) is 13.2 Å². The standard InChI is InChI=1S/C14H18FN3O/c1-18-10-12(9-17-18)5-7-19-14-3-2-11(4-6-16)8-13(14)15/h2-3,8-10H,4-7,16H2,1H3. The summed E-state index contributed by atoms with van der Waals surface area (Å²) in [5.74, 6) is -0.0539. The Morgan fingerprint density at radius 3 is 2.79 bits per heavy atom. The van der Waals surface area contributed by atoms with E-state index in [9.17, 15) is 4.39 Å². The summed E-state index contributed by atoms with van der Waals surface area (Å²) in [4.78, 5) is 0. The highest BCUT2D eigenvalue weighted by Crippen LogP contribution is 2.18. The van der Waals surface area contributed by atoms with Crippen LogP contribution in [0.5, 0.6) is 5.75 Å². The number of ether oxygens (including phenoxy) is 1. The molecule has 4 nitrogen and oxygen atoms in total. The number of benzene rings is 1. The predicted octanol–water partition coefficient (Wildman–Crippen LogP) is 1.68. The van der Waals surface area contributed by atoms with Crippen LogP contribution in [0, 0.1) is 5.82 Å². The number of hydrogen-bond donors (Lipinski definition) is 1. The van der Waals surface area contributed by atoms with Crippen LogP contribution in [0.25, 0.3) is 0 Å². The molecule has 0 aliphatic heterocycles. The third kappa shape index (κ3) is 3.79. The quantitative estimate of drug-likeness (QED) is 0.862. The normalized spacial score (nSPS) is 10.7. The van der Waals surface area contributed by atoms with Crippen LogP contribution in [0.1, 0.15) is 11.1 Å². The van der Waals surface area contributed by atoms with E-state index in [1.807, 2.05) is 19.3 Å². The molecule has 0 aliphatic rings. The zero-order valence-electron chi connectivity index (χ0n) is 11.0. The van der Waals surface area contributed by atoms with E-state index in [-0.39, 0.29) is 11.6 Å². The van der Waals surface area contributed by atoms with Crippen molar-refractivity contribution in [3.63, 3.8) is 0 Å². The minimum absolute atomic E-state index is 0.282. The number of hydrogen-bond acceptors (Lipinski definition) is 3. The van der Waals surface area contributed by atoms with Crippen molar-refractivity contribution in [1.29, 1.82) is 0 Å². The lowest BCUT2D eigenvalue weighted by molar-refractivity contribution is 0.305. The average Bonchev–Trinajstić information content (AvgIpc) is 2.78. The Labute approximate surface area is 112 Å². The fourth-order valence-corrected chi connectivity index (χ4v) is 1.86. The highest BCUT2D eigenvalue weighted by molar-refractivity contribution is 5.29.